The molecule has 0 saturated heterocycles. The van der Waals surface area contributed by atoms with Crippen molar-refractivity contribution in [3.63, 3.8) is 0 Å². The lowest BCUT2D eigenvalue weighted by atomic mass is 9.86. The van der Waals surface area contributed by atoms with Gasteiger partial charge >= 0.3 is 0 Å². The van der Waals surface area contributed by atoms with Crippen LogP contribution in [0.2, 0.25) is 0 Å². The summed E-state index contributed by atoms with van der Waals surface area (Å²) in [5.74, 6) is -0.788. The fraction of sp³-hybridized carbons (Fsp3) is 0.412. The Bertz CT molecular complexity index is 710. The maximum Gasteiger partial charge on any atom is 0.211 e. The zero-order valence-corrected chi connectivity index (χ0v) is 13.8. The maximum absolute atomic E-state index is 12.0. The number of allylic oxidation sites excluding steroid dienone is 1. The van der Waals surface area contributed by atoms with Gasteiger partial charge in [-0.3, -0.25) is 14.4 Å². The molecule has 0 radical (unpaired) electrons. The highest BCUT2D eigenvalue weighted by Gasteiger charge is 2.50. The van der Waals surface area contributed by atoms with E-state index in [1.54, 1.807) is 26.0 Å². The quantitative estimate of drug-likeness (QED) is 0.615. The van der Waals surface area contributed by atoms with Crippen molar-refractivity contribution in [3.05, 3.63) is 35.5 Å². The Labute approximate surface area is 134 Å². The summed E-state index contributed by atoms with van der Waals surface area (Å²) in [6, 6.07) is 3.41. The van der Waals surface area contributed by atoms with Gasteiger partial charge in [0.25, 0.3) is 0 Å². The number of hydrogen-bond donors (Lipinski definition) is 0. The SMILES string of the molecule is CC(=O)C(=NC1(C)OC(C)=C(C(C)=O)C1c1ccco1)C(C)=O. The van der Waals surface area contributed by atoms with Crippen LogP contribution in [0.25, 0.3) is 0 Å². The number of aliphatic imine (C=N–C) groups is 1. The minimum Gasteiger partial charge on any atom is -0.470 e. The predicted octanol–water partition coefficient (Wildman–Crippen LogP) is 2.59. The third-order valence-electron chi connectivity index (χ3n) is 3.77. The third-order valence-corrected chi connectivity index (χ3v) is 3.77. The molecule has 1 aliphatic heterocycles. The summed E-state index contributed by atoms with van der Waals surface area (Å²) < 4.78 is 11.2. The Kier molecular flexibility index (Phi) is 4.36. The van der Waals surface area contributed by atoms with Crippen molar-refractivity contribution in [1.29, 1.82) is 0 Å². The second kappa shape index (κ2) is 5.95. The van der Waals surface area contributed by atoms with Crippen LogP contribution in [0.5, 0.6) is 0 Å². The van der Waals surface area contributed by atoms with E-state index < -0.39 is 23.2 Å². The first-order valence-corrected chi connectivity index (χ1v) is 7.23. The normalized spacial score (nSPS) is 23.4. The number of carbonyl (C=O) groups excluding carboxylic acids is 3. The van der Waals surface area contributed by atoms with Crippen LogP contribution in [-0.2, 0) is 19.1 Å². The van der Waals surface area contributed by atoms with Crippen LogP contribution in [0.4, 0.5) is 0 Å². The Balaban J connectivity index is 2.62. The molecular weight excluding hydrogens is 298 g/mol. The summed E-state index contributed by atoms with van der Waals surface area (Å²) in [6.45, 7) is 7.27. The van der Waals surface area contributed by atoms with E-state index in [0.717, 1.165) is 0 Å². The van der Waals surface area contributed by atoms with Crippen molar-refractivity contribution in [2.24, 2.45) is 4.99 Å². The zero-order chi connectivity index (χ0) is 17.4. The topological polar surface area (TPSA) is 85.9 Å². The Morgan fingerprint density at radius 1 is 1.17 bits per heavy atom. The molecule has 0 fully saturated rings. The van der Waals surface area contributed by atoms with Crippen molar-refractivity contribution in [3.8, 4) is 0 Å². The van der Waals surface area contributed by atoms with Crippen LogP contribution in [0.3, 0.4) is 0 Å². The second-order valence-corrected chi connectivity index (χ2v) is 5.70. The van der Waals surface area contributed by atoms with Crippen LogP contribution in [0.15, 0.2) is 39.1 Å². The number of carbonyl (C=O) groups is 3. The summed E-state index contributed by atoms with van der Waals surface area (Å²) in [7, 11) is 0. The first-order chi connectivity index (χ1) is 10.7. The molecule has 1 aromatic heterocycles. The van der Waals surface area contributed by atoms with Crippen molar-refractivity contribution >= 4 is 23.1 Å². The van der Waals surface area contributed by atoms with E-state index in [2.05, 4.69) is 4.99 Å². The molecule has 0 bridgehead atoms. The fourth-order valence-electron chi connectivity index (χ4n) is 2.92. The molecule has 1 aromatic rings. The van der Waals surface area contributed by atoms with E-state index in [1.165, 1.54) is 27.0 Å². The van der Waals surface area contributed by atoms with Gasteiger partial charge in [0.1, 0.15) is 23.1 Å². The number of furan rings is 1. The van der Waals surface area contributed by atoms with Gasteiger partial charge in [0.2, 0.25) is 5.72 Å². The monoisotopic (exact) mass is 317 g/mol. The molecule has 122 valence electrons. The Morgan fingerprint density at radius 3 is 2.22 bits per heavy atom. The van der Waals surface area contributed by atoms with Gasteiger partial charge in [-0.1, -0.05) is 0 Å². The predicted molar refractivity (Wildman–Crippen MR) is 83.1 cm³/mol. The van der Waals surface area contributed by atoms with E-state index in [9.17, 15) is 14.4 Å². The minimum absolute atomic E-state index is 0.171. The smallest absolute Gasteiger partial charge is 0.211 e. The largest absolute Gasteiger partial charge is 0.470 e. The van der Waals surface area contributed by atoms with E-state index >= 15 is 0 Å². The van der Waals surface area contributed by atoms with Gasteiger partial charge in [-0.05, 0) is 32.9 Å². The fourth-order valence-corrected chi connectivity index (χ4v) is 2.92. The lowest BCUT2D eigenvalue weighted by Gasteiger charge is -2.27. The molecule has 2 atom stereocenters. The number of Topliss-reactive ketones (excluding diaryl/α,β-unsaturated/α-hetero) is 3. The molecule has 0 spiro atoms. The van der Waals surface area contributed by atoms with E-state index in [-0.39, 0.29) is 11.5 Å². The van der Waals surface area contributed by atoms with Crippen molar-refractivity contribution in [2.45, 2.75) is 46.3 Å². The van der Waals surface area contributed by atoms with Gasteiger partial charge in [-0.25, -0.2) is 4.99 Å². The van der Waals surface area contributed by atoms with Crippen molar-refractivity contribution in [2.75, 3.05) is 0 Å². The van der Waals surface area contributed by atoms with Gasteiger partial charge in [0.15, 0.2) is 17.3 Å². The highest BCUT2D eigenvalue weighted by atomic mass is 16.5. The standard InChI is InChI=1S/C17H19NO5/c1-9(19)14-12(4)23-17(5,15(14)13-7-6-8-22-13)18-16(10(2)20)11(3)21/h6-8,15H,1-5H3. The molecular formula is C17H19NO5. The highest BCUT2D eigenvalue weighted by Crippen LogP contribution is 2.47. The number of ether oxygens (including phenoxy) is 1. The molecule has 23 heavy (non-hydrogen) atoms. The minimum atomic E-state index is -1.30. The van der Waals surface area contributed by atoms with Crippen LogP contribution in [0, 0.1) is 0 Å². The summed E-state index contributed by atoms with van der Waals surface area (Å²) >= 11 is 0. The Morgan fingerprint density at radius 2 is 1.78 bits per heavy atom. The molecule has 2 rings (SSSR count). The average molecular weight is 317 g/mol. The molecule has 6 heteroatoms. The van der Waals surface area contributed by atoms with Crippen LogP contribution in [-0.4, -0.2) is 28.8 Å². The molecule has 2 heterocycles. The number of hydrogen-bond acceptors (Lipinski definition) is 6. The van der Waals surface area contributed by atoms with Crippen molar-refractivity contribution in [1.82, 2.24) is 0 Å². The number of ketones is 3. The van der Waals surface area contributed by atoms with Gasteiger partial charge < -0.3 is 9.15 Å². The van der Waals surface area contributed by atoms with E-state index in [0.29, 0.717) is 17.1 Å². The highest BCUT2D eigenvalue weighted by molar-refractivity contribution is 6.65. The van der Waals surface area contributed by atoms with Gasteiger partial charge in [-0.15, -0.1) is 0 Å². The van der Waals surface area contributed by atoms with Gasteiger partial charge in [0.05, 0.1) is 6.26 Å². The lowest BCUT2D eigenvalue weighted by Crippen LogP contribution is -2.34. The summed E-state index contributed by atoms with van der Waals surface area (Å²) in [4.78, 5) is 39.7. The molecule has 0 saturated carbocycles. The summed E-state index contributed by atoms with van der Waals surface area (Å²) in [5, 5.41) is 0. The number of nitrogens with zero attached hydrogens (tertiary/aromatic N) is 1. The van der Waals surface area contributed by atoms with Gasteiger partial charge in [0, 0.05) is 19.4 Å². The van der Waals surface area contributed by atoms with E-state index in [1.807, 2.05) is 0 Å². The molecule has 0 aliphatic carbocycles. The first-order valence-electron chi connectivity index (χ1n) is 7.23. The Hall–Kier alpha value is -2.50. The van der Waals surface area contributed by atoms with Crippen molar-refractivity contribution < 1.29 is 23.5 Å². The molecule has 1 aliphatic rings. The molecule has 0 amide bonds. The van der Waals surface area contributed by atoms with Crippen LogP contribution in [0.1, 0.15) is 46.3 Å². The third kappa shape index (κ3) is 3.02. The summed E-state index contributed by atoms with van der Waals surface area (Å²) in [5.41, 5.74) is -1.06. The first kappa shape index (κ1) is 16.9. The molecule has 6 nitrogen and oxygen atoms in total. The molecule has 2 unspecified atom stereocenters. The molecule has 0 N–H and O–H groups in total. The lowest BCUT2D eigenvalue weighted by molar-refractivity contribution is -0.115. The summed E-state index contributed by atoms with van der Waals surface area (Å²) in [6.07, 6.45) is 1.49. The zero-order valence-electron chi connectivity index (χ0n) is 13.8. The second-order valence-electron chi connectivity index (χ2n) is 5.70. The maximum atomic E-state index is 12.0. The molecule has 0 aromatic carbocycles. The van der Waals surface area contributed by atoms with Crippen LogP contribution >= 0.6 is 0 Å². The van der Waals surface area contributed by atoms with Crippen LogP contribution < -0.4 is 0 Å². The van der Waals surface area contributed by atoms with Gasteiger partial charge in [-0.2, -0.15) is 0 Å². The number of rotatable bonds is 5. The average Bonchev–Trinajstić information content (AvgIpc) is 3.01. The van der Waals surface area contributed by atoms with E-state index in [4.69, 9.17) is 9.15 Å².